The maximum absolute atomic E-state index is 11.4. The number of hydrogen-bond acceptors (Lipinski definition) is 9. The van der Waals surface area contributed by atoms with Crippen molar-refractivity contribution in [1.82, 2.24) is 5.32 Å². The van der Waals surface area contributed by atoms with Gasteiger partial charge in [0.1, 0.15) is 18.3 Å². The Morgan fingerprint density at radius 2 is 1.77 bits per heavy atom. The average molecular weight is 353 g/mol. The van der Waals surface area contributed by atoms with E-state index in [1.54, 1.807) is 0 Å². The number of rotatable bonds is 10. The van der Waals surface area contributed by atoms with Gasteiger partial charge in [0.2, 0.25) is 10.4 Å². The summed E-state index contributed by atoms with van der Waals surface area (Å²) in [5.74, 6) is -0.959. The zero-order valence-electron chi connectivity index (χ0n) is 12.4. The number of unbranched alkanes of at least 4 members (excludes halogenated alkanes) is 1. The Morgan fingerprint density at radius 1 is 1.23 bits per heavy atom. The molecule has 4 atom stereocenters. The van der Waals surface area contributed by atoms with Crippen LogP contribution in [0.1, 0.15) is 19.8 Å². The smallest absolute Gasteiger partial charge is 0.726 e. The van der Waals surface area contributed by atoms with E-state index in [9.17, 15) is 38.2 Å². The van der Waals surface area contributed by atoms with Crippen molar-refractivity contribution in [2.24, 2.45) is 0 Å². The molecule has 0 aromatic carbocycles. The first kappa shape index (κ1) is 24.4. The van der Waals surface area contributed by atoms with E-state index in [-0.39, 0.29) is 36.1 Å². The molecule has 0 fully saturated rings. The third kappa shape index (κ3) is 10.0. The zero-order chi connectivity index (χ0) is 16.6. The summed E-state index contributed by atoms with van der Waals surface area (Å²) in [6, 6.07) is 0. The van der Waals surface area contributed by atoms with Gasteiger partial charge in [-0.3, -0.25) is 8.98 Å². The van der Waals surface area contributed by atoms with Gasteiger partial charge in [0, 0.05) is 6.54 Å². The summed E-state index contributed by atoms with van der Waals surface area (Å²) in [5, 5.41) is 40.1. The van der Waals surface area contributed by atoms with E-state index in [1.165, 1.54) is 0 Å². The van der Waals surface area contributed by atoms with Crippen molar-refractivity contribution in [3.8, 4) is 0 Å². The molecular weight excluding hydrogens is 333 g/mol. The molecular formula is C10H20NNaO9S. The minimum Gasteiger partial charge on any atom is -0.726 e. The van der Waals surface area contributed by atoms with Crippen LogP contribution in [0.4, 0.5) is 0 Å². The van der Waals surface area contributed by atoms with Crippen molar-refractivity contribution in [2.45, 2.75) is 44.2 Å². The summed E-state index contributed by atoms with van der Waals surface area (Å²) < 4.78 is 34.2. The van der Waals surface area contributed by atoms with Crippen LogP contribution in [0.5, 0.6) is 0 Å². The summed E-state index contributed by atoms with van der Waals surface area (Å²) >= 11 is 0. The van der Waals surface area contributed by atoms with Crippen LogP contribution in [0, 0.1) is 0 Å². The number of carbonyl (C=O) groups excluding carboxylic acids is 1. The topological polar surface area (TPSA) is 176 Å². The fourth-order valence-electron chi connectivity index (χ4n) is 1.31. The van der Waals surface area contributed by atoms with E-state index < -0.39 is 47.3 Å². The fraction of sp³-hybridized carbons (Fsp3) is 0.900. The van der Waals surface area contributed by atoms with Crippen LogP contribution in [0.25, 0.3) is 0 Å². The zero-order valence-corrected chi connectivity index (χ0v) is 15.2. The maximum Gasteiger partial charge on any atom is 1.00 e. The molecule has 0 aromatic heterocycles. The van der Waals surface area contributed by atoms with E-state index in [0.717, 1.165) is 6.42 Å². The molecule has 126 valence electrons. The minimum atomic E-state index is -5.07. The predicted octanol–water partition coefficient (Wildman–Crippen LogP) is -6.17. The molecule has 0 spiro atoms. The molecule has 10 nitrogen and oxygen atoms in total. The molecule has 0 aliphatic carbocycles. The normalized spacial score (nSPS) is 17.0. The molecule has 5 N–H and O–H groups in total. The number of hydrogen-bond donors (Lipinski definition) is 5. The van der Waals surface area contributed by atoms with Gasteiger partial charge in [0.05, 0.1) is 6.61 Å². The van der Waals surface area contributed by atoms with Gasteiger partial charge in [-0.2, -0.15) is 0 Å². The summed E-state index contributed by atoms with van der Waals surface area (Å²) in [5.41, 5.74) is 0. The largest absolute Gasteiger partial charge is 1.00 e. The predicted molar refractivity (Wildman–Crippen MR) is 67.6 cm³/mol. The molecule has 1 amide bonds. The Labute approximate surface area is 150 Å². The Bertz CT molecular complexity index is 419. The maximum atomic E-state index is 11.4. The number of amides is 1. The van der Waals surface area contributed by atoms with Crippen molar-refractivity contribution in [3.05, 3.63) is 0 Å². The van der Waals surface area contributed by atoms with Gasteiger partial charge in [-0.05, 0) is 6.42 Å². The van der Waals surface area contributed by atoms with Crippen molar-refractivity contribution in [1.29, 1.82) is 0 Å². The van der Waals surface area contributed by atoms with Crippen LogP contribution < -0.4 is 34.9 Å². The second kappa shape index (κ2) is 11.7. The van der Waals surface area contributed by atoms with E-state index in [0.29, 0.717) is 6.42 Å². The van der Waals surface area contributed by atoms with Crippen LogP contribution in [-0.2, 0) is 19.4 Å². The van der Waals surface area contributed by atoms with E-state index in [4.69, 9.17) is 0 Å². The third-order valence-corrected chi connectivity index (χ3v) is 2.97. The third-order valence-electron chi connectivity index (χ3n) is 2.55. The van der Waals surface area contributed by atoms with E-state index in [1.807, 2.05) is 6.92 Å². The van der Waals surface area contributed by atoms with E-state index >= 15 is 0 Å². The van der Waals surface area contributed by atoms with Gasteiger partial charge in [-0.15, -0.1) is 0 Å². The quantitative estimate of drug-likeness (QED) is 0.111. The van der Waals surface area contributed by atoms with Gasteiger partial charge in [-0.1, -0.05) is 13.3 Å². The molecule has 0 bridgehead atoms. The standard InChI is InChI=1S/C10H21NO9S.Na/c1-2-3-4-11-10(16)9(15)8(14)7(13)6(12)5-20-21(17,18)19;/h6-9,12-15H,2-5H2,1H3,(H,11,16)(H,17,18,19);/q;+1/p-1/t6-,7-,8+,9-;/m1./s1. The van der Waals surface area contributed by atoms with Crippen molar-refractivity contribution >= 4 is 16.3 Å². The molecule has 0 radical (unpaired) electrons. The number of nitrogens with one attached hydrogen (secondary N) is 1. The van der Waals surface area contributed by atoms with Gasteiger partial charge in [0.25, 0.3) is 5.91 Å². The first-order valence-electron chi connectivity index (χ1n) is 6.20. The Hall–Kier alpha value is 0.180. The van der Waals surface area contributed by atoms with Crippen molar-refractivity contribution in [2.75, 3.05) is 13.2 Å². The molecule has 12 heteroatoms. The van der Waals surface area contributed by atoms with Crippen LogP contribution in [0.3, 0.4) is 0 Å². The van der Waals surface area contributed by atoms with Gasteiger partial charge >= 0.3 is 29.6 Å². The Morgan fingerprint density at radius 3 is 2.23 bits per heavy atom. The molecule has 0 heterocycles. The fourth-order valence-corrected chi connectivity index (χ4v) is 1.62. The second-order valence-corrected chi connectivity index (χ2v) is 5.38. The van der Waals surface area contributed by atoms with Crippen molar-refractivity contribution in [3.63, 3.8) is 0 Å². The molecule has 0 saturated heterocycles. The monoisotopic (exact) mass is 353 g/mol. The van der Waals surface area contributed by atoms with Gasteiger partial charge < -0.3 is 30.3 Å². The summed E-state index contributed by atoms with van der Waals surface area (Å²) in [4.78, 5) is 11.4. The molecule has 0 saturated carbocycles. The average Bonchev–Trinajstić information content (AvgIpc) is 2.41. The van der Waals surface area contributed by atoms with Crippen LogP contribution in [-0.4, -0.2) is 76.9 Å². The SMILES string of the molecule is CCCCNC(=O)[C@H](O)[C@@H](O)[C@H](O)[C@H](O)COS(=O)(=O)[O-].[Na+]. The Kier molecular flexibility index (Phi) is 13.0. The van der Waals surface area contributed by atoms with Crippen LogP contribution >= 0.6 is 0 Å². The summed E-state index contributed by atoms with van der Waals surface area (Å²) in [7, 11) is -5.07. The molecule has 0 unspecified atom stereocenters. The van der Waals surface area contributed by atoms with Gasteiger partial charge in [-0.25, -0.2) is 8.42 Å². The molecule has 0 aliphatic rings. The van der Waals surface area contributed by atoms with E-state index in [2.05, 4.69) is 9.50 Å². The number of aliphatic hydroxyl groups is 4. The van der Waals surface area contributed by atoms with Gasteiger partial charge in [0.15, 0.2) is 6.10 Å². The first-order chi connectivity index (χ1) is 9.60. The van der Waals surface area contributed by atoms with Crippen LogP contribution in [0.2, 0.25) is 0 Å². The molecule has 0 aromatic rings. The summed E-state index contributed by atoms with van der Waals surface area (Å²) in [6.07, 6.45) is -6.74. The second-order valence-electron chi connectivity index (χ2n) is 4.33. The number of carbonyl (C=O) groups is 1. The van der Waals surface area contributed by atoms with Crippen molar-refractivity contribution < 1.29 is 71.9 Å². The number of aliphatic hydroxyl groups excluding tert-OH is 4. The minimum absolute atomic E-state index is 0. The summed E-state index contributed by atoms with van der Waals surface area (Å²) in [6.45, 7) is 1.02. The Balaban J connectivity index is 0. The first-order valence-corrected chi connectivity index (χ1v) is 7.53. The van der Waals surface area contributed by atoms with Crippen LogP contribution in [0.15, 0.2) is 0 Å². The molecule has 0 rings (SSSR count). The molecule has 0 aliphatic heterocycles. The molecule has 22 heavy (non-hydrogen) atoms.